The molecule has 5 aromatic rings. The zero-order valence-corrected chi connectivity index (χ0v) is 25.5. The van der Waals surface area contributed by atoms with E-state index in [-0.39, 0.29) is 11.8 Å². The van der Waals surface area contributed by atoms with Crippen LogP contribution in [-0.4, -0.2) is 32.0 Å². The van der Waals surface area contributed by atoms with Crippen LogP contribution in [0.15, 0.2) is 127 Å². The fraction of sp³-hybridized carbons (Fsp3) is 0.179. The Morgan fingerprint density at radius 3 is 2.13 bits per heavy atom. The second-order valence-corrected chi connectivity index (χ2v) is 11.2. The van der Waals surface area contributed by atoms with E-state index in [1.165, 1.54) is 6.42 Å². The van der Waals surface area contributed by atoms with Crippen LogP contribution in [0.25, 0.3) is 11.1 Å². The van der Waals surface area contributed by atoms with E-state index in [1.807, 2.05) is 104 Å². The van der Waals surface area contributed by atoms with Crippen molar-refractivity contribution in [3.63, 3.8) is 0 Å². The highest BCUT2D eigenvalue weighted by molar-refractivity contribution is 6.10. The zero-order valence-electron chi connectivity index (χ0n) is 25.5. The van der Waals surface area contributed by atoms with Gasteiger partial charge in [0, 0.05) is 42.5 Å². The van der Waals surface area contributed by atoms with Gasteiger partial charge in [0.1, 0.15) is 12.4 Å². The second kappa shape index (κ2) is 14.0. The van der Waals surface area contributed by atoms with Gasteiger partial charge < -0.3 is 19.9 Å². The Balaban J connectivity index is 1.17. The number of nitrogens with zero attached hydrogens (tertiary/aromatic N) is 2. The van der Waals surface area contributed by atoms with Crippen molar-refractivity contribution in [3.05, 3.63) is 144 Å². The number of rotatable bonds is 9. The summed E-state index contributed by atoms with van der Waals surface area (Å²) in [5.74, 6) is 0.361. The van der Waals surface area contributed by atoms with Crippen molar-refractivity contribution in [1.29, 1.82) is 0 Å². The molecule has 2 amide bonds. The predicted molar refractivity (Wildman–Crippen MR) is 182 cm³/mol. The van der Waals surface area contributed by atoms with E-state index in [0.29, 0.717) is 29.2 Å². The molecule has 1 aliphatic heterocycles. The minimum atomic E-state index is -0.241. The van der Waals surface area contributed by atoms with Crippen LogP contribution in [0.1, 0.15) is 45.5 Å². The van der Waals surface area contributed by atoms with Gasteiger partial charge in [0.25, 0.3) is 11.8 Å². The number of anilines is 3. The van der Waals surface area contributed by atoms with E-state index in [0.717, 1.165) is 54.0 Å². The number of hydrogen-bond donors (Lipinski definition) is 1. The molecule has 0 unspecified atom stereocenters. The maximum absolute atomic E-state index is 13.6. The number of para-hydroxylation sites is 3. The van der Waals surface area contributed by atoms with E-state index >= 15 is 0 Å². The number of carbonyl (C=O) groups excluding carboxylic acids is 2. The van der Waals surface area contributed by atoms with Gasteiger partial charge >= 0.3 is 0 Å². The van der Waals surface area contributed by atoms with Crippen LogP contribution in [0, 0.1) is 0 Å². The first-order valence-electron chi connectivity index (χ1n) is 15.5. The number of carbonyl (C=O) groups is 2. The molecule has 45 heavy (non-hydrogen) atoms. The number of ether oxygens (including phenoxy) is 1. The molecule has 0 radical (unpaired) electrons. The normalized spacial score (nSPS) is 12.8. The van der Waals surface area contributed by atoms with Gasteiger partial charge in [-0.05, 0) is 78.9 Å². The highest BCUT2D eigenvalue weighted by Gasteiger charge is 2.21. The van der Waals surface area contributed by atoms with Crippen molar-refractivity contribution in [2.45, 2.75) is 25.9 Å². The smallest absolute Gasteiger partial charge is 0.258 e. The zero-order chi connectivity index (χ0) is 31.0. The maximum atomic E-state index is 13.6. The number of nitrogens with one attached hydrogen (secondary N) is 1. The molecule has 1 heterocycles. The maximum Gasteiger partial charge on any atom is 0.258 e. The fourth-order valence-corrected chi connectivity index (χ4v) is 5.81. The molecule has 6 rings (SSSR count). The molecule has 0 atom stereocenters. The van der Waals surface area contributed by atoms with Crippen LogP contribution in [0.2, 0.25) is 0 Å². The van der Waals surface area contributed by atoms with Gasteiger partial charge in [-0.1, -0.05) is 78.9 Å². The molecule has 1 saturated heterocycles. The van der Waals surface area contributed by atoms with Crippen LogP contribution in [-0.2, 0) is 6.61 Å². The van der Waals surface area contributed by atoms with Crippen molar-refractivity contribution in [1.82, 2.24) is 0 Å². The summed E-state index contributed by atoms with van der Waals surface area (Å²) in [4.78, 5) is 31.2. The highest BCUT2D eigenvalue weighted by Crippen LogP contribution is 2.34. The van der Waals surface area contributed by atoms with Crippen LogP contribution in [0.5, 0.6) is 5.75 Å². The number of benzene rings is 5. The minimum Gasteiger partial charge on any atom is -0.488 e. The van der Waals surface area contributed by atoms with E-state index in [1.54, 1.807) is 29.2 Å². The summed E-state index contributed by atoms with van der Waals surface area (Å²) in [6.45, 7) is 2.43. The SMILES string of the molecule is CN(C(=O)c1ccc(NC(=O)c2ccccc2-c2ccccc2OCc2ccccc2)cc1)c1ccccc1N1CCCCC1. The predicted octanol–water partition coefficient (Wildman–Crippen LogP) is 8.45. The third kappa shape index (κ3) is 6.91. The summed E-state index contributed by atoms with van der Waals surface area (Å²) >= 11 is 0. The molecule has 1 N–H and O–H groups in total. The fourth-order valence-electron chi connectivity index (χ4n) is 5.81. The van der Waals surface area contributed by atoms with Crippen LogP contribution in [0.4, 0.5) is 17.1 Å². The number of amides is 2. The molecule has 0 bridgehead atoms. The second-order valence-electron chi connectivity index (χ2n) is 11.2. The summed E-state index contributed by atoms with van der Waals surface area (Å²) in [5, 5.41) is 3.01. The molecule has 0 spiro atoms. The largest absolute Gasteiger partial charge is 0.488 e. The van der Waals surface area contributed by atoms with Crippen LogP contribution < -0.4 is 19.9 Å². The van der Waals surface area contributed by atoms with Gasteiger partial charge in [-0.25, -0.2) is 0 Å². The summed E-state index contributed by atoms with van der Waals surface area (Å²) in [7, 11) is 1.82. The van der Waals surface area contributed by atoms with Crippen molar-refractivity contribution >= 4 is 28.9 Å². The molecule has 0 aliphatic carbocycles. The van der Waals surface area contributed by atoms with Gasteiger partial charge in [-0.3, -0.25) is 9.59 Å². The molecule has 226 valence electrons. The minimum absolute atomic E-state index is 0.102. The van der Waals surface area contributed by atoms with E-state index in [9.17, 15) is 9.59 Å². The van der Waals surface area contributed by atoms with Crippen LogP contribution in [0.3, 0.4) is 0 Å². The molecule has 0 saturated carbocycles. The Bertz CT molecular complexity index is 1760. The lowest BCUT2D eigenvalue weighted by Crippen LogP contribution is -2.33. The van der Waals surface area contributed by atoms with E-state index in [4.69, 9.17) is 4.74 Å². The molecule has 1 aliphatic rings. The summed E-state index contributed by atoms with van der Waals surface area (Å²) in [6.07, 6.45) is 3.58. The molecule has 6 nitrogen and oxygen atoms in total. The summed E-state index contributed by atoms with van der Waals surface area (Å²) in [5.41, 5.74) is 6.35. The van der Waals surface area contributed by atoms with Crippen molar-refractivity contribution in [2.75, 3.05) is 35.3 Å². The van der Waals surface area contributed by atoms with Gasteiger partial charge in [0.05, 0.1) is 11.4 Å². The first kappa shape index (κ1) is 29.7. The van der Waals surface area contributed by atoms with Crippen molar-refractivity contribution < 1.29 is 14.3 Å². The number of piperidine rings is 1. The van der Waals surface area contributed by atoms with Gasteiger partial charge in [0.2, 0.25) is 0 Å². The highest BCUT2D eigenvalue weighted by atomic mass is 16.5. The summed E-state index contributed by atoms with van der Waals surface area (Å²) in [6, 6.07) is 40.4. The molecular formula is C39H37N3O3. The molecule has 1 fully saturated rings. The third-order valence-corrected chi connectivity index (χ3v) is 8.22. The Labute approximate surface area is 264 Å². The molecule has 0 aromatic heterocycles. The Morgan fingerprint density at radius 2 is 1.36 bits per heavy atom. The quantitative estimate of drug-likeness (QED) is 0.186. The first-order chi connectivity index (χ1) is 22.1. The lowest BCUT2D eigenvalue weighted by molar-refractivity contribution is 0.0991. The topological polar surface area (TPSA) is 61.9 Å². The number of hydrogen-bond acceptors (Lipinski definition) is 4. The third-order valence-electron chi connectivity index (χ3n) is 8.22. The molecule has 6 heteroatoms. The van der Waals surface area contributed by atoms with Gasteiger partial charge in [0.15, 0.2) is 0 Å². The molecule has 5 aromatic carbocycles. The average molecular weight is 596 g/mol. The van der Waals surface area contributed by atoms with Gasteiger partial charge in [-0.15, -0.1) is 0 Å². The van der Waals surface area contributed by atoms with Gasteiger partial charge in [-0.2, -0.15) is 0 Å². The lowest BCUT2D eigenvalue weighted by Gasteiger charge is -2.32. The average Bonchev–Trinajstić information content (AvgIpc) is 3.11. The standard InChI is InChI=1S/C39H37N3O3/c1-41(35-19-9-10-20-36(35)42-26-12-3-13-27-42)39(44)30-22-24-31(25-23-30)40-38(43)34-18-7-6-16-32(34)33-17-8-11-21-37(33)45-28-29-14-4-2-5-15-29/h2,4-11,14-25H,3,12-13,26-28H2,1H3,(H,40,43). The van der Waals surface area contributed by atoms with E-state index < -0.39 is 0 Å². The monoisotopic (exact) mass is 595 g/mol. The molecular weight excluding hydrogens is 558 g/mol. The summed E-state index contributed by atoms with van der Waals surface area (Å²) < 4.78 is 6.19. The Morgan fingerprint density at radius 1 is 0.711 bits per heavy atom. The first-order valence-corrected chi connectivity index (χ1v) is 15.5. The van der Waals surface area contributed by atoms with E-state index in [2.05, 4.69) is 16.3 Å². The Kier molecular flexibility index (Phi) is 9.21. The van der Waals surface area contributed by atoms with Crippen LogP contribution >= 0.6 is 0 Å². The van der Waals surface area contributed by atoms with Crippen molar-refractivity contribution in [3.8, 4) is 16.9 Å². The lowest BCUT2D eigenvalue weighted by atomic mass is 9.98. The van der Waals surface area contributed by atoms with Crippen molar-refractivity contribution in [2.24, 2.45) is 0 Å². The Hall–Kier alpha value is -5.36.